The zero-order valence-electron chi connectivity index (χ0n) is 7.26. The molecule has 3 heteroatoms. The summed E-state index contributed by atoms with van der Waals surface area (Å²) in [6.07, 6.45) is 0. The molecule has 0 aliphatic rings. The molecular weight excluding hydrogens is 228 g/mol. The first-order valence-corrected chi connectivity index (χ1v) is 4.84. The summed E-state index contributed by atoms with van der Waals surface area (Å²) in [4.78, 5) is 3.26. The largest absolute Gasteiger partial charge is 0.398 e. The van der Waals surface area contributed by atoms with E-state index in [4.69, 9.17) is 5.73 Å². The predicted molar refractivity (Wildman–Crippen MR) is 57.4 cm³/mol. The van der Waals surface area contributed by atoms with Gasteiger partial charge in [0, 0.05) is 23.5 Å². The van der Waals surface area contributed by atoms with Crippen LogP contribution >= 0.6 is 15.9 Å². The number of aromatic amines is 1. The van der Waals surface area contributed by atoms with E-state index in [9.17, 15) is 0 Å². The van der Waals surface area contributed by atoms with Gasteiger partial charge in [-0.05, 0) is 12.1 Å². The summed E-state index contributed by atoms with van der Waals surface area (Å²) < 4.78 is 1.05. The predicted octanol–water partition coefficient (Wildman–Crippen LogP) is 2.31. The molecule has 2 rings (SSSR count). The number of H-pyrrole nitrogens is 1. The van der Waals surface area contributed by atoms with E-state index in [2.05, 4.69) is 20.9 Å². The number of hydrogen-bond acceptors (Lipinski definition) is 1. The van der Waals surface area contributed by atoms with Crippen molar-refractivity contribution < 1.29 is 4.98 Å². The normalized spacial score (nSPS) is 10.6. The average Bonchev–Trinajstić information content (AvgIpc) is 2.06. The molecule has 2 aromatic rings. The van der Waals surface area contributed by atoms with Crippen LogP contribution in [-0.4, -0.2) is 0 Å². The lowest BCUT2D eigenvalue weighted by atomic mass is 10.2. The number of rotatable bonds is 0. The number of nitrogens with one attached hydrogen (secondary N) is 1. The van der Waals surface area contributed by atoms with E-state index in [0.29, 0.717) is 0 Å². The van der Waals surface area contributed by atoms with E-state index in [-0.39, 0.29) is 0 Å². The van der Waals surface area contributed by atoms with Crippen molar-refractivity contribution in [3.63, 3.8) is 0 Å². The molecule has 13 heavy (non-hydrogen) atoms. The second kappa shape index (κ2) is 3.00. The van der Waals surface area contributed by atoms with Gasteiger partial charge in [0.1, 0.15) is 0 Å². The van der Waals surface area contributed by atoms with Crippen LogP contribution in [0.3, 0.4) is 0 Å². The Morgan fingerprint density at radius 2 is 2.08 bits per heavy atom. The fraction of sp³-hybridized carbons (Fsp3) is 0.100. The number of aryl methyl sites for hydroxylation is 1. The zero-order chi connectivity index (χ0) is 9.42. The van der Waals surface area contributed by atoms with Crippen LogP contribution < -0.4 is 10.7 Å². The molecule has 0 amide bonds. The number of halogens is 1. The molecule has 1 aromatic carbocycles. The molecule has 2 nitrogen and oxygen atoms in total. The smallest absolute Gasteiger partial charge is 0.213 e. The highest BCUT2D eigenvalue weighted by atomic mass is 79.9. The monoisotopic (exact) mass is 237 g/mol. The summed E-state index contributed by atoms with van der Waals surface area (Å²) in [6.45, 7) is 2.00. The number of hydrogen-bond donors (Lipinski definition) is 1. The maximum absolute atomic E-state index is 5.89. The summed E-state index contributed by atoms with van der Waals surface area (Å²) in [5.74, 6) is 0. The summed E-state index contributed by atoms with van der Waals surface area (Å²) in [6, 6.07) is 7.97. The van der Waals surface area contributed by atoms with E-state index in [1.165, 1.54) is 0 Å². The molecule has 0 saturated heterocycles. The van der Waals surface area contributed by atoms with Crippen molar-refractivity contribution in [3.05, 3.63) is 34.4 Å². The molecule has 66 valence electrons. The second-order valence-electron chi connectivity index (χ2n) is 3.10. The Morgan fingerprint density at radius 1 is 1.31 bits per heavy atom. The summed E-state index contributed by atoms with van der Waals surface area (Å²) >= 11 is 3.42. The van der Waals surface area contributed by atoms with Gasteiger partial charge in [-0.15, -0.1) is 0 Å². The van der Waals surface area contributed by atoms with Crippen LogP contribution in [0, 0.1) is 6.92 Å². The highest BCUT2D eigenvalue weighted by Gasteiger charge is 2.06. The van der Waals surface area contributed by atoms with Crippen LogP contribution in [0.25, 0.3) is 10.9 Å². The maximum Gasteiger partial charge on any atom is 0.213 e. The fourth-order valence-corrected chi connectivity index (χ4v) is 1.78. The van der Waals surface area contributed by atoms with Crippen molar-refractivity contribution >= 4 is 32.5 Å². The molecule has 0 spiro atoms. The van der Waals surface area contributed by atoms with Crippen LogP contribution in [0.15, 0.2) is 28.7 Å². The number of fused-ring (bicyclic) bond motifs is 1. The quantitative estimate of drug-likeness (QED) is 0.751. The van der Waals surface area contributed by atoms with E-state index >= 15 is 0 Å². The lowest BCUT2D eigenvalue weighted by Crippen LogP contribution is -2.09. The molecular formula is C10H10BrN2+. The van der Waals surface area contributed by atoms with Crippen molar-refractivity contribution in [2.45, 2.75) is 6.92 Å². The third-order valence-corrected chi connectivity index (χ3v) is 2.49. The Balaban J connectivity index is 2.87. The first-order chi connectivity index (χ1) is 6.16. The second-order valence-corrected chi connectivity index (χ2v) is 4.01. The van der Waals surface area contributed by atoms with Gasteiger partial charge >= 0.3 is 0 Å². The Morgan fingerprint density at radius 3 is 2.85 bits per heavy atom. The Hall–Kier alpha value is -1.09. The minimum Gasteiger partial charge on any atom is -0.398 e. The number of aromatic nitrogens is 1. The number of benzene rings is 1. The van der Waals surface area contributed by atoms with E-state index < -0.39 is 0 Å². The number of nitrogen functional groups attached to an aromatic ring is 1. The SMILES string of the molecule is Cc1cc(N)c2cc(Br)ccc2[nH+]1. The highest BCUT2D eigenvalue weighted by molar-refractivity contribution is 9.10. The Bertz CT molecular complexity index is 466. The number of anilines is 1. The first-order valence-electron chi connectivity index (χ1n) is 4.04. The van der Waals surface area contributed by atoms with E-state index in [1.54, 1.807) is 0 Å². The molecule has 0 radical (unpaired) electrons. The standard InChI is InChI=1S/C10H9BrN2/c1-6-4-9(12)8-5-7(11)2-3-10(8)13-6/h2-5H,1H3,(H2,12,13)/p+1. The van der Waals surface area contributed by atoms with Gasteiger partial charge in [-0.3, -0.25) is 0 Å². The first kappa shape index (κ1) is 8.51. The van der Waals surface area contributed by atoms with Crippen molar-refractivity contribution in [3.8, 4) is 0 Å². The van der Waals surface area contributed by atoms with Gasteiger partial charge in [0.15, 0.2) is 5.69 Å². The number of pyridine rings is 1. The lowest BCUT2D eigenvalue weighted by molar-refractivity contribution is -0.354. The molecule has 0 unspecified atom stereocenters. The molecule has 0 bridgehead atoms. The summed E-state index contributed by atoms with van der Waals surface area (Å²) in [5, 5.41) is 1.06. The van der Waals surface area contributed by atoms with Gasteiger partial charge in [0.05, 0.1) is 11.1 Å². The molecule has 0 aliphatic heterocycles. The van der Waals surface area contributed by atoms with Gasteiger partial charge in [0.25, 0.3) is 0 Å². The van der Waals surface area contributed by atoms with Gasteiger partial charge in [-0.1, -0.05) is 15.9 Å². The number of nitrogens with two attached hydrogens (primary N) is 1. The minimum absolute atomic E-state index is 0.813. The van der Waals surface area contributed by atoms with Crippen LogP contribution in [-0.2, 0) is 0 Å². The molecule has 3 N–H and O–H groups in total. The van der Waals surface area contributed by atoms with E-state index in [1.807, 2.05) is 31.2 Å². The highest BCUT2D eigenvalue weighted by Crippen LogP contribution is 2.21. The van der Waals surface area contributed by atoms with E-state index in [0.717, 1.165) is 26.8 Å². The van der Waals surface area contributed by atoms with Crippen LogP contribution in [0.4, 0.5) is 5.69 Å². The average molecular weight is 238 g/mol. The van der Waals surface area contributed by atoms with Gasteiger partial charge < -0.3 is 5.73 Å². The lowest BCUT2D eigenvalue weighted by Gasteiger charge is -1.98. The Labute approximate surface area is 84.9 Å². The third-order valence-electron chi connectivity index (χ3n) is 2.00. The molecule has 0 fully saturated rings. The molecule has 1 aromatic heterocycles. The Kier molecular flexibility index (Phi) is 1.96. The maximum atomic E-state index is 5.89. The van der Waals surface area contributed by atoms with Crippen molar-refractivity contribution in [1.82, 2.24) is 0 Å². The van der Waals surface area contributed by atoms with Crippen molar-refractivity contribution in [2.24, 2.45) is 0 Å². The van der Waals surface area contributed by atoms with Crippen LogP contribution in [0.2, 0.25) is 0 Å². The molecule has 0 atom stereocenters. The topological polar surface area (TPSA) is 40.2 Å². The minimum atomic E-state index is 0.813. The third kappa shape index (κ3) is 1.52. The zero-order valence-corrected chi connectivity index (χ0v) is 8.85. The summed E-state index contributed by atoms with van der Waals surface area (Å²) in [5.41, 5.74) is 8.84. The fourth-order valence-electron chi connectivity index (χ4n) is 1.42. The summed E-state index contributed by atoms with van der Waals surface area (Å²) in [7, 11) is 0. The van der Waals surface area contributed by atoms with Crippen LogP contribution in [0.1, 0.15) is 5.69 Å². The van der Waals surface area contributed by atoms with Crippen molar-refractivity contribution in [2.75, 3.05) is 5.73 Å². The van der Waals surface area contributed by atoms with Crippen molar-refractivity contribution in [1.29, 1.82) is 0 Å². The van der Waals surface area contributed by atoms with Crippen LogP contribution in [0.5, 0.6) is 0 Å². The van der Waals surface area contributed by atoms with Gasteiger partial charge in [-0.2, -0.15) is 0 Å². The molecule has 0 saturated carbocycles. The van der Waals surface area contributed by atoms with Gasteiger partial charge in [0.2, 0.25) is 5.52 Å². The molecule has 0 aliphatic carbocycles. The van der Waals surface area contributed by atoms with Gasteiger partial charge in [-0.25, -0.2) is 4.98 Å². The molecule has 1 heterocycles.